The van der Waals surface area contributed by atoms with Gasteiger partial charge in [0.1, 0.15) is 6.54 Å². The summed E-state index contributed by atoms with van der Waals surface area (Å²) >= 11 is 0. The van der Waals surface area contributed by atoms with Crippen molar-refractivity contribution in [2.45, 2.75) is 31.7 Å². The molecule has 1 aliphatic carbocycles. The standard InChI is InChI=1S/C18H20N4O3/c23-16(20-12-5-6-14-11(9-12)7-8-19-14)10-22-17(24)13-3-1-2-4-15(13)21-18(22)25/h5-9,13,15,19H,1-4,10H2,(H,20,23)(H,21,25). The monoisotopic (exact) mass is 340 g/mol. The molecule has 2 unspecified atom stereocenters. The molecule has 3 N–H and O–H groups in total. The summed E-state index contributed by atoms with van der Waals surface area (Å²) in [7, 11) is 0. The number of anilines is 1. The highest BCUT2D eigenvalue weighted by atomic mass is 16.2. The van der Waals surface area contributed by atoms with Crippen LogP contribution < -0.4 is 10.6 Å². The molecule has 4 amide bonds. The summed E-state index contributed by atoms with van der Waals surface area (Å²) in [6.45, 7) is -0.265. The maximum absolute atomic E-state index is 12.6. The van der Waals surface area contributed by atoms with Crippen LogP contribution in [0.1, 0.15) is 25.7 Å². The van der Waals surface area contributed by atoms with Crippen LogP contribution in [-0.2, 0) is 9.59 Å². The van der Waals surface area contributed by atoms with Crippen molar-refractivity contribution < 1.29 is 14.4 Å². The normalized spacial score (nSPS) is 23.3. The Morgan fingerprint density at radius 2 is 2.04 bits per heavy atom. The van der Waals surface area contributed by atoms with Crippen LogP contribution >= 0.6 is 0 Å². The van der Waals surface area contributed by atoms with Crippen molar-refractivity contribution in [2.24, 2.45) is 5.92 Å². The minimum Gasteiger partial charge on any atom is -0.361 e. The van der Waals surface area contributed by atoms with E-state index >= 15 is 0 Å². The Hall–Kier alpha value is -2.83. The molecule has 130 valence electrons. The first-order valence-corrected chi connectivity index (χ1v) is 8.61. The highest BCUT2D eigenvalue weighted by molar-refractivity contribution is 6.04. The average molecular weight is 340 g/mol. The molecule has 2 atom stereocenters. The first-order valence-electron chi connectivity index (χ1n) is 8.61. The molecule has 0 spiro atoms. The predicted molar refractivity (Wildman–Crippen MR) is 92.9 cm³/mol. The molecule has 7 nitrogen and oxygen atoms in total. The van der Waals surface area contributed by atoms with Crippen molar-refractivity contribution in [3.8, 4) is 0 Å². The van der Waals surface area contributed by atoms with E-state index in [4.69, 9.17) is 0 Å². The molecule has 2 heterocycles. The highest BCUT2D eigenvalue weighted by Crippen LogP contribution is 2.29. The molecule has 1 aliphatic heterocycles. The molecule has 2 fully saturated rings. The minimum absolute atomic E-state index is 0.0796. The number of nitrogens with zero attached hydrogens (tertiary/aromatic N) is 1. The van der Waals surface area contributed by atoms with E-state index in [0.29, 0.717) is 5.69 Å². The second-order valence-electron chi connectivity index (χ2n) is 6.70. The number of nitrogens with one attached hydrogen (secondary N) is 3. The summed E-state index contributed by atoms with van der Waals surface area (Å²) in [6.07, 6.45) is 5.44. The third-order valence-corrected chi connectivity index (χ3v) is 5.04. The zero-order chi connectivity index (χ0) is 17.4. The number of hydrogen-bond acceptors (Lipinski definition) is 3. The van der Waals surface area contributed by atoms with Gasteiger partial charge in [0.2, 0.25) is 11.8 Å². The van der Waals surface area contributed by atoms with Gasteiger partial charge in [-0.25, -0.2) is 4.79 Å². The van der Waals surface area contributed by atoms with Gasteiger partial charge in [0, 0.05) is 28.8 Å². The smallest absolute Gasteiger partial charge is 0.324 e. The quantitative estimate of drug-likeness (QED) is 0.799. The predicted octanol–water partition coefficient (Wildman–Crippen LogP) is 2.22. The Morgan fingerprint density at radius 3 is 2.92 bits per heavy atom. The fourth-order valence-electron chi connectivity index (χ4n) is 3.76. The number of urea groups is 1. The first kappa shape index (κ1) is 15.7. The van der Waals surface area contributed by atoms with Gasteiger partial charge in [-0.15, -0.1) is 0 Å². The van der Waals surface area contributed by atoms with Gasteiger partial charge in [-0.2, -0.15) is 0 Å². The molecule has 25 heavy (non-hydrogen) atoms. The topological polar surface area (TPSA) is 94.3 Å². The number of benzene rings is 1. The summed E-state index contributed by atoms with van der Waals surface area (Å²) in [5.74, 6) is -0.812. The van der Waals surface area contributed by atoms with Crippen molar-refractivity contribution in [3.05, 3.63) is 30.5 Å². The van der Waals surface area contributed by atoms with E-state index in [9.17, 15) is 14.4 Å². The van der Waals surface area contributed by atoms with E-state index in [1.807, 2.05) is 24.4 Å². The number of carbonyl (C=O) groups is 3. The number of aromatic amines is 1. The van der Waals surface area contributed by atoms with E-state index in [1.54, 1.807) is 6.07 Å². The third-order valence-electron chi connectivity index (χ3n) is 5.04. The lowest BCUT2D eigenvalue weighted by molar-refractivity contribution is -0.138. The van der Waals surface area contributed by atoms with Crippen LogP contribution in [0.25, 0.3) is 10.9 Å². The minimum atomic E-state index is -0.468. The van der Waals surface area contributed by atoms with Crippen LogP contribution in [0.15, 0.2) is 30.5 Å². The van der Waals surface area contributed by atoms with Gasteiger partial charge in [-0.05, 0) is 37.1 Å². The number of fused-ring (bicyclic) bond motifs is 2. The Kier molecular flexibility index (Phi) is 3.91. The van der Waals surface area contributed by atoms with Gasteiger partial charge in [0.15, 0.2) is 0 Å². The Bertz CT molecular complexity index is 844. The van der Waals surface area contributed by atoms with Crippen LogP contribution in [0.4, 0.5) is 10.5 Å². The highest BCUT2D eigenvalue weighted by Gasteiger charge is 2.42. The van der Waals surface area contributed by atoms with E-state index in [-0.39, 0.29) is 30.3 Å². The van der Waals surface area contributed by atoms with Crippen molar-refractivity contribution >= 4 is 34.4 Å². The number of H-pyrrole nitrogens is 1. The van der Waals surface area contributed by atoms with Crippen molar-refractivity contribution in [1.29, 1.82) is 0 Å². The van der Waals surface area contributed by atoms with Gasteiger partial charge in [-0.3, -0.25) is 14.5 Å². The maximum atomic E-state index is 12.6. The number of imide groups is 1. The Morgan fingerprint density at radius 1 is 1.20 bits per heavy atom. The molecule has 1 saturated heterocycles. The van der Waals surface area contributed by atoms with E-state index < -0.39 is 6.03 Å². The molecular formula is C18H20N4O3. The number of carbonyl (C=O) groups excluding carboxylic acids is 3. The SMILES string of the molecule is O=C(CN1C(=O)NC2CCCCC2C1=O)Nc1ccc2[nH]ccc2c1. The molecule has 2 aromatic rings. The zero-order valence-corrected chi connectivity index (χ0v) is 13.7. The Labute approximate surface area is 144 Å². The van der Waals surface area contributed by atoms with Crippen LogP contribution in [0.5, 0.6) is 0 Å². The van der Waals surface area contributed by atoms with Gasteiger partial charge in [-0.1, -0.05) is 12.8 Å². The summed E-state index contributed by atoms with van der Waals surface area (Å²) in [6, 6.07) is 6.87. The van der Waals surface area contributed by atoms with Gasteiger partial charge in [0.25, 0.3) is 0 Å². The zero-order valence-electron chi connectivity index (χ0n) is 13.7. The molecule has 7 heteroatoms. The van der Waals surface area contributed by atoms with E-state index in [2.05, 4.69) is 15.6 Å². The Balaban J connectivity index is 1.44. The first-order chi connectivity index (χ1) is 12.1. The van der Waals surface area contributed by atoms with Gasteiger partial charge in [0.05, 0.1) is 5.92 Å². The summed E-state index contributed by atoms with van der Waals surface area (Å²) in [4.78, 5) is 41.2. The molecule has 1 aromatic heterocycles. The molecule has 1 saturated carbocycles. The van der Waals surface area contributed by atoms with Crippen LogP contribution in [0.3, 0.4) is 0 Å². The number of aromatic nitrogens is 1. The van der Waals surface area contributed by atoms with Crippen LogP contribution in [0.2, 0.25) is 0 Å². The molecule has 0 radical (unpaired) electrons. The third kappa shape index (κ3) is 2.97. The van der Waals surface area contributed by atoms with Gasteiger partial charge >= 0.3 is 6.03 Å². The summed E-state index contributed by atoms with van der Waals surface area (Å²) < 4.78 is 0. The molecule has 0 bridgehead atoms. The van der Waals surface area contributed by atoms with Crippen LogP contribution in [-0.4, -0.2) is 40.3 Å². The van der Waals surface area contributed by atoms with Crippen molar-refractivity contribution in [1.82, 2.24) is 15.2 Å². The summed E-state index contributed by atoms with van der Waals surface area (Å²) in [5, 5.41) is 6.61. The fourth-order valence-corrected chi connectivity index (χ4v) is 3.76. The summed E-state index contributed by atoms with van der Waals surface area (Å²) in [5.41, 5.74) is 1.62. The van der Waals surface area contributed by atoms with Crippen molar-refractivity contribution in [3.63, 3.8) is 0 Å². The molecule has 1 aromatic carbocycles. The molecular weight excluding hydrogens is 320 g/mol. The van der Waals surface area contributed by atoms with E-state index in [0.717, 1.165) is 41.5 Å². The van der Waals surface area contributed by atoms with E-state index in [1.165, 1.54) is 0 Å². The number of hydrogen-bond donors (Lipinski definition) is 3. The number of amides is 4. The lowest BCUT2D eigenvalue weighted by Gasteiger charge is -2.39. The van der Waals surface area contributed by atoms with Crippen molar-refractivity contribution in [2.75, 3.05) is 11.9 Å². The second kappa shape index (κ2) is 6.23. The average Bonchev–Trinajstić information content (AvgIpc) is 3.06. The number of rotatable bonds is 3. The fraction of sp³-hybridized carbons (Fsp3) is 0.389. The molecule has 4 rings (SSSR count). The van der Waals surface area contributed by atoms with Crippen LogP contribution in [0, 0.1) is 5.92 Å². The molecule has 2 aliphatic rings. The van der Waals surface area contributed by atoms with Gasteiger partial charge < -0.3 is 15.6 Å². The maximum Gasteiger partial charge on any atom is 0.324 e. The second-order valence-corrected chi connectivity index (χ2v) is 6.70. The largest absolute Gasteiger partial charge is 0.361 e. The lowest BCUT2D eigenvalue weighted by atomic mass is 9.82. The lowest BCUT2D eigenvalue weighted by Crippen LogP contribution is -2.61.